The van der Waals surface area contributed by atoms with Gasteiger partial charge in [0.2, 0.25) is 23.9 Å². The van der Waals surface area contributed by atoms with Crippen molar-refractivity contribution in [3.63, 3.8) is 0 Å². The molecule has 1 aliphatic heterocycles. The maximum atomic E-state index is 13.5. The second-order valence-electron chi connectivity index (χ2n) is 9.55. The van der Waals surface area contributed by atoms with Gasteiger partial charge >= 0.3 is 6.18 Å². The number of primary amides is 1. The van der Waals surface area contributed by atoms with Gasteiger partial charge < -0.3 is 16.0 Å². The Kier molecular flexibility index (Phi) is 9.08. The Morgan fingerprint density at radius 3 is 2.15 bits per heavy atom. The lowest BCUT2D eigenvalue weighted by atomic mass is 9.83. The molecule has 2 aromatic rings. The number of amides is 3. The molecule has 39 heavy (non-hydrogen) atoms. The van der Waals surface area contributed by atoms with E-state index in [4.69, 9.17) is 5.73 Å². The van der Waals surface area contributed by atoms with E-state index in [0.29, 0.717) is 29.4 Å². The topological polar surface area (TPSA) is 105 Å². The summed E-state index contributed by atoms with van der Waals surface area (Å²) in [7, 11) is 1.46. The Balaban J connectivity index is 2.00. The van der Waals surface area contributed by atoms with Gasteiger partial charge in [0.15, 0.2) is 0 Å². The highest BCUT2D eigenvalue weighted by molar-refractivity contribution is 6.20. The minimum absolute atomic E-state index is 0.345. The number of para-hydroxylation sites is 1. The summed E-state index contributed by atoms with van der Waals surface area (Å²) in [6, 6.07) is 15.6. The summed E-state index contributed by atoms with van der Waals surface area (Å²) in [4.78, 5) is 44.6. The Morgan fingerprint density at radius 2 is 1.56 bits per heavy atom. The maximum Gasteiger partial charge on any atom is 0.389 e. The zero-order valence-electron chi connectivity index (χ0n) is 21.3. The van der Waals surface area contributed by atoms with Crippen molar-refractivity contribution in [2.24, 2.45) is 22.6 Å². The highest BCUT2D eigenvalue weighted by atomic mass is 19.4. The largest absolute Gasteiger partial charge is 0.389 e. The summed E-state index contributed by atoms with van der Waals surface area (Å²) in [6.45, 7) is 0.591. The molecule has 7 nitrogen and oxygen atoms in total. The lowest BCUT2D eigenvalue weighted by Crippen LogP contribution is -2.50. The number of rotatable bonds is 10. The molecular formula is C27H29F5N4O3. The van der Waals surface area contributed by atoms with Crippen LogP contribution in [-0.4, -0.2) is 48.7 Å². The predicted octanol–water partition coefficient (Wildman–Crippen LogP) is 4.44. The molecule has 3 atom stereocenters. The van der Waals surface area contributed by atoms with Crippen LogP contribution in [-0.2, 0) is 14.4 Å². The molecule has 3 N–H and O–H groups in total. The van der Waals surface area contributed by atoms with Crippen molar-refractivity contribution in [1.82, 2.24) is 5.32 Å². The van der Waals surface area contributed by atoms with E-state index in [-0.39, 0.29) is 0 Å². The van der Waals surface area contributed by atoms with E-state index in [2.05, 4.69) is 10.3 Å². The number of hydrogen-bond acceptors (Lipinski definition) is 4. The molecule has 0 bridgehead atoms. The Labute approximate surface area is 222 Å². The second-order valence-corrected chi connectivity index (χ2v) is 9.55. The van der Waals surface area contributed by atoms with Gasteiger partial charge in [-0.05, 0) is 25.8 Å². The highest BCUT2D eigenvalue weighted by Gasteiger charge is 2.40. The van der Waals surface area contributed by atoms with Crippen LogP contribution in [0.5, 0.6) is 0 Å². The molecule has 3 rings (SSSR count). The standard InChI is InChI=1S/C27H29F5N4O3/c1-26(28,29)14-12-17(22(33)37)18(13-15-27(30,31)32)24(38)35-23-25(39)36(2)20-11-7-6-10-19(20)21(34-23)16-8-4-3-5-9-16/h3-11,17-18,23H,12-15H2,1-2H3,(H2,33,37)(H,35,38)/t17-,18+,23+/m0/s1. The summed E-state index contributed by atoms with van der Waals surface area (Å²) in [5.41, 5.74) is 7.37. The molecule has 210 valence electrons. The van der Waals surface area contributed by atoms with Crippen LogP contribution >= 0.6 is 0 Å². The smallest absolute Gasteiger partial charge is 0.369 e. The summed E-state index contributed by atoms with van der Waals surface area (Å²) >= 11 is 0. The first-order valence-corrected chi connectivity index (χ1v) is 12.2. The van der Waals surface area contributed by atoms with Crippen molar-refractivity contribution >= 4 is 29.1 Å². The van der Waals surface area contributed by atoms with Crippen LogP contribution in [0.4, 0.5) is 27.6 Å². The van der Waals surface area contributed by atoms with Crippen LogP contribution in [0.25, 0.3) is 0 Å². The molecule has 0 aliphatic carbocycles. The van der Waals surface area contributed by atoms with E-state index in [1.54, 1.807) is 54.6 Å². The van der Waals surface area contributed by atoms with Gasteiger partial charge in [0, 0.05) is 42.9 Å². The lowest BCUT2D eigenvalue weighted by molar-refractivity contribution is -0.147. The molecule has 0 spiro atoms. The fourth-order valence-electron chi connectivity index (χ4n) is 4.47. The number of aliphatic imine (C=N–C) groups is 1. The number of fused-ring (bicyclic) bond motifs is 1. The van der Waals surface area contributed by atoms with E-state index < -0.39 is 73.5 Å². The number of benzodiazepines with no additional fused rings is 1. The summed E-state index contributed by atoms with van der Waals surface area (Å²) in [5, 5.41) is 2.36. The minimum Gasteiger partial charge on any atom is -0.369 e. The Bertz CT molecular complexity index is 1230. The fraction of sp³-hybridized carbons (Fsp3) is 0.407. The van der Waals surface area contributed by atoms with Crippen LogP contribution in [0.15, 0.2) is 59.6 Å². The third kappa shape index (κ3) is 7.84. The number of likely N-dealkylation sites (N-methyl/N-ethyl adjacent to an activating group) is 1. The molecule has 2 aromatic carbocycles. The molecule has 12 heteroatoms. The molecule has 0 fully saturated rings. The van der Waals surface area contributed by atoms with Gasteiger partial charge in [-0.25, -0.2) is 13.8 Å². The molecule has 3 amide bonds. The quantitative estimate of drug-likeness (QED) is 0.426. The molecular weight excluding hydrogens is 523 g/mol. The Morgan fingerprint density at radius 1 is 0.974 bits per heavy atom. The molecule has 0 radical (unpaired) electrons. The molecule has 1 heterocycles. The first-order valence-electron chi connectivity index (χ1n) is 12.2. The van der Waals surface area contributed by atoms with Crippen molar-refractivity contribution in [2.75, 3.05) is 11.9 Å². The first-order chi connectivity index (χ1) is 18.2. The van der Waals surface area contributed by atoms with E-state index >= 15 is 0 Å². The number of nitrogens with two attached hydrogens (primary N) is 1. The number of benzene rings is 2. The van der Waals surface area contributed by atoms with Gasteiger partial charge in [0.25, 0.3) is 5.91 Å². The third-order valence-corrected chi connectivity index (χ3v) is 6.49. The monoisotopic (exact) mass is 552 g/mol. The van der Waals surface area contributed by atoms with Gasteiger partial charge in [-0.2, -0.15) is 13.2 Å². The highest BCUT2D eigenvalue weighted by Crippen LogP contribution is 2.33. The molecule has 0 saturated heterocycles. The minimum atomic E-state index is -4.69. The van der Waals surface area contributed by atoms with E-state index in [1.165, 1.54) is 11.9 Å². The third-order valence-electron chi connectivity index (χ3n) is 6.49. The summed E-state index contributed by atoms with van der Waals surface area (Å²) < 4.78 is 66.3. The number of nitrogens with zero attached hydrogens (tertiary/aromatic N) is 2. The number of alkyl halides is 5. The average molecular weight is 553 g/mol. The number of anilines is 1. The van der Waals surface area contributed by atoms with Gasteiger partial charge in [-0.15, -0.1) is 0 Å². The second kappa shape index (κ2) is 11.9. The van der Waals surface area contributed by atoms with E-state index in [0.717, 1.165) is 0 Å². The van der Waals surface area contributed by atoms with Crippen LogP contribution in [0.3, 0.4) is 0 Å². The van der Waals surface area contributed by atoms with Crippen LogP contribution < -0.4 is 16.0 Å². The van der Waals surface area contributed by atoms with Crippen LogP contribution in [0.1, 0.15) is 43.7 Å². The van der Waals surface area contributed by atoms with E-state index in [1.807, 2.05) is 0 Å². The number of nitrogens with one attached hydrogen (secondary N) is 1. The number of carbonyl (C=O) groups excluding carboxylic acids is 3. The first kappa shape index (κ1) is 29.7. The van der Waals surface area contributed by atoms with Gasteiger partial charge in [0.05, 0.1) is 11.4 Å². The van der Waals surface area contributed by atoms with Crippen molar-refractivity contribution in [1.29, 1.82) is 0 Å². The Hall–Kier alpha value is -3.83. The number of carbonyl (C=O) groups is 3. The SMILES string of the molecule is CN1C(=O)[C@@H](NC(=O)[C@H](CCC(F)(F)F)[C@H](CCC(C)(F)F)C(N)=O)N=C(c2ccccc2)c2ccccc21. The summed E-state index contributed by atoms with van der Waals surface area (Å²) in [6.07, 6.45) is -10.1. The molecule has 1 aliphatic rings. The van der Waals surface area contributed by atoms with Crippen molar-refractivity contribution in [3.8, 4) is 0 Å². The number of hydrogen-bond donors (Lipinski definition) is 2. The maximum absolute atomic E-state index is 13.5. The fourth-order valence-corrected chi connectivity index (χ4v) is 4.47. The van der Waals surface area contributed by atoms with E-state index in [9.17, 15) is 36.3 Å². The van der Waals surface area contributed by atoms with Gasteiger partial charge in [-0.3, -0.25) is 14.4 Å². The van der Waals surface area contributed by atoms with Crippen molar-refractivity contribution in [2.45, 2.75) is 50.9 Å². The predicted molar refractivity (Wildman–Crippen MR) is 135 cm³/mol. The molecule has 0 aromatic heterocycles. The van der Waals surface area contributed by atoms with Gasteiger partial charge in [0.1, 0.15) is 0 Å². The summed E-state index contributed by atoms with van der Waals surface area (Å²) in [5.74, 6) is -9.56. The normalized spacial score (nSPS) is 17.5. The van der Waals surface area contributed by atoms with Crippen LogP contribution in [0.2, 0.25) is 0 Å². The van der Waals surface area contributed by atoms with Crippen molar-refractivity contribution < 1.29 is 36.3 Å². The zero-order chi connectivity index (χ0) is 29.0. The van der Waals surface area contributed by atoms with Gasteiger partial charge in [-0.1, -0.05) is 48.5 Å². The zero-order valence-corrected chi connectivity index (χ0v) is 21.3. The van der Waals surface area contributed by atoms with Crippen molar-refractivity contribution in [3.05, 3.63) is 65.7 Å². The number of halogens is 5. The average Bonchev–Trinajstić information content (AvgIpc) is 2.95. The molecule has 0 saturated carbocycles. The lowest BCUT2D eigenvalue weighted by Gasteiger charge is -2.27. The van der Waals surface area contributed by atoms with Crippen LogP contribution in [0, 0.1) is 11.8 Å². The molecule has 0 unspecified atom stereocenters.